The van der Waals surface area contributed by atoms with Crippen LogP contribution in [-0.2, 0) is 11.2 Å². The summed E-state index contributed by atoms with van der Waals surface area (Å²) >= 11 is 0. The molecule has 0 radical (unpaired) electrons. The fourth-order valence-electron chi connectivity index (χ4n) is 4.56. The van der Waals surface area contributed by atoms with Crippen LogP contribution in [0.3, 0.4) is 0 Å². The molecule has 0 saturated carbocycles. The highest BCUT2D eigenvalue weighted by Gasteiger charge is 2.37. The Bertz CT molecular complexity index is 1340. The van der Waals surface area contributed by atoms with Crippen LogP contribution in [-0.4, -0.2) is 69.7 Å². The van der Waals surface area contributed by atoms with Crippen LogP contribution in [0.5, 0.6) is 0 Å². The molecule has 1 N–H and O–H groups in total. The van der Waals surface area contributed by atoms with Gasteiger partial charge in [0.2, 0.25) is 0 Å². The van der Waals surface area contributed by atoms with E-state index in [0.29, 0.717) is 37.5 Å². The van der Waals surface area contributed by atoms with Gasteiger partial charge in [0, 0.05) is 62.6 Å². The van der Waals surface area contributed by atoms with Gasteiger partial charge in [-0.1, -0.05) is 0 Å². The number of aromatic nitrogens is 3. The van der Waals surface area contributed by atoms with Crippen LogP contribution in [0.15, 0.2) is 30.7 Å². The molecule has 0 bridgehead atoms. The maximum atomic E-state index is 14.6. The molecule has 36 heavy (non-hydrogen) atoms. The van der Waals surface area contributed by atoms with E-state index >= 15 is 0 Å². The highest BCUT2D eigenvalue weighted by molar-refractivity contribution is 6.03. The van der Waals surface area contributed by atoms with Gasteiger partial charge in [-0.25, -0.2) is 23.9 Å². The van der Waals surface area contributed by atoms with Crippen molar-refractivity contribution in [1.82, 2.24) is 19.3 Å². The number of pyridine rings is 2. The summed E-state index contributed by atoms with van der Waals surface area (Å²) in [4.78, 5) is 39.5. The third kappa shape index (κ3) is 4.40. The molecule has 11 heteroatoms. The summed E-state index contributed by atoms with van der Waals surface area (Å²) < 4.78 is 21.7. The molecule has 2 aliphatic heterocycles. The number of hydrogen-bond acceptors (Lipinski definition) is 6. The lowest BCUT2D eigenvalue weighted by Gasteiger charge is -2.45. The first-order valence-corrected chi connectivity index (χ1v) is 11.9. The molecule has 0 aromatic carbocycles. The molecule has 3 amide bonds. The predicted molar refractivity (Wildman–Crippen MR) is 134 cm³/mol. The molecule has 5 heterocycles. The van der Waals surface area contributed by atoms with E-state index in [1.54, 1.807) is 28.7 Å². The van der Waals surface area contributed by atoms with Crippen molar-refractivity contribution in [3.05, 3.63) is 47.8 Å². The first-order valence-electron chi connectivity index (χ1n) is 11.9. The summed E-state index contributed by atoms with van der Waals surface area (Å²) in [6.45, 7) is 9.12. The average molecular weight is 496 g/mol. The minimum Gasteiger partial charge on any atom is -0.444 e. The monoisotopic (exact) mass is 495 g/mol. The van der Waals surface area contributed by atoms with Crippen molar-refractivity contribution < 1.29 is 18.7 Å². The lowest BCUT2D eigenvalue weighted by molar-refractivity contribution is 0.0197. The number of amides is 3. The number of aryl methyl sites for hydroxylation is 1. The van der Waals surface area contributed by atoms with Crippen molar-refractivity contribution in [3.63, 3.8) is 0 Å². The first kappa shape index (κ1) is 23.8. The zero-order valence-corrected chi connectivity index (χ0v) is 21.1. The number of carbonyl (C=O) groups is 2. The summed E-state index contributed by atoms with van der Waals surface area (Å²) in [5.74, 6) is 0.0113. The second-order valence-electron chi connectivity index (χ2n) is 10.3. The van der Waals surface area contributed by atoms with Crippen molar-refractivity contribution in [2.24, 2.45) is 0 Å². The SMILES string of the molecule is Cc1cn2cc(NC(=O)N3CCc4c(N5CC(N(C)C(=O)OC(C)(C)C)C5)ccnc43)c(F)cc2n1. The normalized spacial score (nSPS) is 15.6. The van der Waals surface area contributed by atoms with Gasteiger partial charge in [0.1, 0.15) is 17.1 Å². The molecule has 1 fully saturated rings. The second kappa shape index (κ2) is 8.65. The van der Waals surface area contributed by atoms with E-state index in [1.807, 2.05) is 33.8 Å². The number of fused-ring (bicyclic) bond motifs is 2. The molecular weight excluding hydrogens is 465 g/mol. The number of nitrogens with zero attached hydrogens (tertiary/aromatic N) is 6. The number of halogens is 1. The summed E-state index contributed by atoms with van der Waals surface area (Å²) in [6, 6.07) is 2.82. The summed E-state index contributed by atoms with van der Waals surface area (Å²) in [5.41, 5.74) is 2.72. The van der Waals surface area contributed by atoms with Crippen LogP contribution in [0.2, 0.25) is 0 Å². The molecule has 5 rings (SSSR count). The van der Waals surface area contributed by atoms with Crippen LogP contribution in [0.1, 0.15) is 32.0 Å². The zero-order chi connectivity index (χ0) is 25.8. The van der Waals surface area contributed by atoms with E-state index in [9.17, 15) is 14.0 Å². The fraction of sp³-hybridized carbons (Fsp3) is 0.440. The number of ether oxygens (including phenoxy) is 1. The third-order valence-electron chi connectivity index (χ3n) is 6.43. The van der Waals surface area contributed by atoms with Crippen molar-refractivity contribution in [2.75, 3.05) is 41.8 Å². The molecule has 3 aromatic rings. The van der Waals surface area contributed by atoms with Gasteiger partial charge >= 0.3 is 12.1 Å². The number of urea groups is 1. The zero-order valence-electron chi connectivity index (χ0n) is 21.1. The first-order chi connectivity index (χ1) is 17.0. The predicted octanol–water partition coefficient (Wildman–Crippen LogP) is 3.83. The molecule has 0 unspecified atom stereocenters. The molecule has 0 atom stereocenters. The van der Waals surface area contributed by atoms with Gasteiger partial charge in [-0.05, 0) is 40.2 Å². The third-order valence-corrected chi connectivity index (χ3v) is 6.43. The van der Waals surface area contributed by atoms with Gasteiger partial charge in [0.05, 0.1) is 17.4 Å². The van der Waals surface area contributed by atoms with Gasteiger partial charge in [-0.15, -0.1) is 0 Å². The summed E-state index contributed by atoms with van der Waals surface area (Å²) in [7, 11) is 1.75. The molecule has 190 valence electrons. The van der Waals surface area contributed by atoms with Crippen LogP contribution >= 0.6 is 0 Å². The maximum absolute atomic E-state index is 14.6. The van der Waals surface area contributed by atoms with Crippen molar-refractivity contribution >= 4 is 35.0 Å². The number of nitrogens with one attached hydrogen (secondary N) is 1. The van der Waals surface area contributed by atoms with E-state index in [-0.39, 0.29) is 17.8 Å². The molecule has 0 spiro atoms. The lowest BCUT2D eigenvalue weighted by atomic mass is 10.0. The Balaban J connectivity index is 1.27. The standard InChI is InChI=1S/C25H30FN7O3/c1-15-11-32-14-19(18(26)10-21(32)28-15)29-23(34)33-9-7-17-20(6-8-27-22(17)33)31-12-16(13-31)30(5)24(35)36-25(2,3)4/h6,8,10-11,14,16H,7,9,12-13H2,1-5H3,(H,29,34). The van der Waals surface area contributed by atoms with E-state index in [2.05, 4.69) is 20.2 Å². The maximum Gasteiger partial charge on any atom is 0.410 e. The number of anilines is 3. The van der Waals surface area contributed by atoms with Crippen LogP contribution in [0.4, 0.5) is 31.2 Å². The number of imidazole rings is 1. The topological polar surface area (TPSA) is 95.3 Å². The smallest absolute Gasteiger partial charge is 0.410 e. The lowest BCUT2D eigenvalue weighted by Crippen LogP contribution is -2.60. The Morgan fingerprint density at radius 3 is 2.72 bits per heavy atom. The van der Waals surface area contributed by atoms with Crippen molar-refractivity contribution in [1.29, 1.82) is 0 Å². The highest BCUT2D eigenvalue weighted by Crippen LogP contribution is 2.36. The van der Waals surface area contributed by atoms with Gasteiger partial charge in [0.15, 0.2) is 5.82 Å². The van der Waals surface area contributed by atoms with Crippen molar-refractivity contribution in [3.8, 4) is 0 Å². The Morgan fingerprint density at radius 1 is 1.25 bits per heavy atom. The molecule has 10 nitrogen and oxygen atoms in total. The Labute approximate surface area is 208 Å². The van der Waals surface area contributed by atoms with Crippen molar-refractivity contribution in [2.45, 2.75) is 45.8 Å². The summed E-state index contributed by atoms with van der Waals surface area (Å²) in [5, 5.41) is 2.68. The number of likely N-dealkylation sites (N-methyl/N-ethyl adjacent to an activating group) is 1. The molecular formula is C25H30FN7O3. The van der Waals surface area contributed by atoms with Crippen LogP contribution in [0, 0.1) is 12.7 Å². The number of carbonyl (C=O) groups excluding carboxylic acids is 2. The highest BCUT2D eigenvalue weighted by atomic mass is 19.1. The van der Waals surface area contributed by atoms with E-state index in [0.717, 1.165) is 16.9 Å². The van der Waals surface area contributed by atoms with Gasteiger partial charge in [0.25, 0.3) is 0 Å². The van der Waals surface area contributed by atoms with Crippen LogP contribution in [0.25, 0.3) is 5.65 Å². The van der Waals surface area contributed by atoms with E-state index in [1.165, 1.54) is 17.2 Å². The molecule has 0 aliphatic carbocycles. The molecule has 1 saturated heterocycles. The van der Waals surface area contributed by atoms with E-state index < -0.39 is 17.4 Å². The Morgan fingerprint density at radius 2 is 2.00 bits per heavy atom. The number of rotatable bonds is 3. The van der Waals surface area contributed by atoms with Gasteiger partial charge < -0.3 is 24.3 Å². The number of hydrogen-bond donors (Lipinski definition) is 1. The van der Waals surface area contributed by atoms with Crippen LogP contribution < -0.4 is 15.1 Å². The largest absolute Gasteiger partial charge is 0.444 e. The minimum atomic E-state index is -0.552. The minimum absolute atomic E-state index is 0.0363. The van der Waals surface area contributed by atoms with E-state index in [4.69, 9.17) is 4.74 Å². The Kier molecular flexibility index (Phi) is 5.73. The summed E-state index contributed by atoms with van der Waals surface area (Å²) in [6.07, 6.45) is 5.25. The molecule has 2 aliphatic rings. The Hall–Kier alpha value is -3.89. The van der Waals surface area contributed by atoms with Gasteiger partial charge in [-0.3, -0.25) is 4.90 Å². The fourth-order valence-corrected chi connectivity index (χ4v) is 4.56. The average Bonchev–Trinajstić information content (AvgIpc) is 3.34. The van der Waals surface area contributed by atoms with Gasteiger partial charge in [-0.2, -0.15) is 0 Å². The molecule has 3 aromatic heterocycles. The second-order valence-corrected chi connectivity index (χ2v) is 10.3. The quantitative estimate of drug-likeness (QED) is 0.594.